The minimum Gasteiger partial charge on any atom is -0.317 e. The van der Waals surface area contributed by atoms with Gasteiger partial charge < -0.3 is 5.32 Å². The summed E-state index contributed by atoms with van der Waals surface area (Å²) in [5, 5.41) is 3.32. The van der Waals surface area contributed by atoms with Gasteiger partial charge in [0.05, 0.1) is 0 Å². The Kier molecular flexibility index (Phi) is 10.9. The molecule has 0 bridgehead atoms. The molecule has 0 aliphatic rings. The molecule has 0 aliphatic carbocycles. The van der Waals surface area contributed by atoms with Gasteiger partial charge in [-0.05, 0) is 50.2 Å². The molecular weight excluding hydrogens is 238 g/mol. The van der Waals surface area contributed by atoms with Crippen LogP contribution in [0.4, 0.5) is 0 Å². The van der Waals surface area contributed by atoms with Crippen molar-refractivity contribution in [2.45, 2.75) is 39.5 Å². The van der Waals surface area contributed by atoms with Crippen molar-refractivity contribution in [1.29, 1.82) is 0 Å². The van der Waals surface area contributed by atoms with Gasteiger partial charge in [0.1, 0.15) is 0 Å². The third-order valence-corrected chi connectivity index (χ3v) is 2.67. The maximum absolute atomic E-state index is 3.59. The van der Waals surface area contributed by atoms with E-state index < -0.39 is 0 Å². The third kappa shape index (κ3) is 10.0. The van der Waals surface area contributed by atoms with Crippen LogP contribution in [0.5, 0.6) is 0 Å². The van der Waals surface area contributed by atoms with E-state index in [2.05, 4.69) is 53.3 Å². The van der Waals surface area contributed by atoms with Crippen molar-refractivity contribution in [3.05, 3.63) is 22.7 Å². The van der Waals surface area contributed by atoms with E-state index in [9.17, 15) is 0 Å². The van der Waals surface area contributed by atoms with Crippen molar-refractivity contribution in [2.75, 3.05) is 13.1 Å². The third-order valence-electron chi connectivity index (χ3n) is 1.95. The highest BCUT2D eigenvalue weighted by molar-refractivity contribution is 9.11. The maximum Gasteiger partial charge on any atom is -0.00457 e. The van der Waals surface area contributed by atoms with Gasteiger partial charge in [0.15, 0.2) is 0 Å². The molecule has 0 aromatic carbocycles. The van der Waals surface area contributed by atoms with Crippen LogP contribution in [0.3, 0.4) is 0 Å². The van der Waals surface area contributed by atoms with E-state index in [0.29, 0.717) is 0 Å². The van der Waals surface area contributed by atoms with E-state index in [1.165, 1.54) is 10.9 Å². The highest BCUT2D eigenvalue weighted by atomic mass is 79.9. The minimum absolute atomic E-state index is 1.07. The summed E-state index contributed by atoms with van der Waals surface area (Å²) in [5.41, 5.74) is 0. The average Bonchev–Trinajstić information content (AvgIpc) is 2.19. The number of allylic oxidation sites excluding steroid dienone is 4. The second-order valence-electron chi connectivity index (χ2n) is 3.25. The summed E-state index contributed by atoms with van der Waals surface area (Å²) in [6.45, 7) is 6.40. The molecule has 0 saturated carbocycles. The number of nitrogens with one attached hydrogen (secondary N) is 1. The van der Waals surface area contributed by atoms with Crippen LogP contribution in [-0.2, 0) is 0 Å². The number of rotatable bonds is 8. The Balaban J connectivity index is 3.37. The molecule has 0 saturated heterocycles. The molecule has 1 N–H and O–H groups in total. The van der Waals surface area contributed by atoms with Gasteiger partial charge in [0, 0.05) is 0 Å². The lowest BCUT2D eigenvalue weighted by Gasteiger charge is -2.00. The maximum atomic E-state index is 3.59. The Morgan fingerprint density at radius 3 is 2.79 bits per heavy atom. The fraction of sp³-hybridized carbons (Fsp3) is 0.667. The predicted octanol–water partition coefficient (Wildman–Crippen LogP) is 4.01. The van der Waals surface area contributed by atoms with Crippen LogP contribution in [0.1, 0.15) is 39.5 Å². The summed E-state index contributed by atoms with van der Waals surface area (Å²) in [6, 6.07) is 0. The lowest BCUT2D eigenvalue weighted by atomic mass is 10.2. The normalized spacial score (nSPS) is 12.6. The SMILES string of the molecule is CC=CCC/C=C(/Br)CCCNCC. The van der Waals surface area contributed by atoms with E-state index >= 15 is 0 Å². The first-order chi connectivity index (χ1) is 6.81. The molecule has 0 spiro atoms. The van der Waals surface area contributed by atoms with Crippen LogP contribution in [0.2, 0.25) is 0 Å². The molecule has 0 aromatic heterocycles. The Bertz CT molecular complexity index is 173. The molecule has 0 aliphatic heterocycles. The summed E-state index contributed by atoms with van der Waals surface area (Å²) in [5.74, 6) is 0. The molecule has 0 fully saturated rings. The monoisotopic (exact) mass is 259 g/mol. The molecule has 0 rings (SSSR count). The van der Waals surface area contributed by atoms with Crippen LogP contribution in [-0.4, -0.2) is 13.1 Å². The molecule has 0 aromatic rings. The van der Waals surface area contributed by atoms with E-state index in [-0.39, 0.29) is 0 Å². The van der Waals surface area contributed by atoms with Crippen LogP contribution >= 0.6 is 15.9 Å². The van der Waals surface area contributed by atoms with E-state index in [4.69, 9.17) is 0 Å². The summed E-state index contributed by atoms with van der Waals surface area (Å²) in [6.07, 6.45) is 11.3. The highest BCUT2D eigenvalue weighted by Crippen LogP contribution is 2.13. The number of hydrogen-bond donors (Lipinski definition) is 1. The molecule has 0 radical (unpaired) electrons. The van der Waals surface area contributed by atoms with Gasteiger partial charge in [0.2, 0.25) is 0 Å². The Morgan fingerprint density at radius 1 is 1.36 bits per heavy atom. The largest absolute Gasteiger partial charge is 0.317 e. The summed E-state index contributed by atoms with van der Waals surface area (Å²) < 4.78 is 1.35. The smallest absolute Gasteiger partial charge is 0.00457 e. The predicted molar refractivity (Wildman–Crippen MR) is 68.8 cm³/mol. The first-order valence-electron chi connectivity index (χ1n) is 5.47. The number of hydrogen-bond acceptors (Lipinski definition) is 1. The molecule has 82 valence electrons. The lowest BCUT2D eigenvalue weighted by Crippen LogP contribution is -2.13. The van der Waals surface area contributed by atoms with Gasteiger partial charge >= 0.3 is 0 Å². The molecular formula is C12H22BrN. The van der Waals surface area contributed by atoms with Crippen molar-refractivity contribution in [3.63, 3.8) is 0 Å². The summed E-state index contributed by atoms with van der Waals surface area (Å²) in [7, 11) is 0. The Hall–Kier alpha value is -0.0800. The molecule has 0 amide bonds. The van der Waals surface area contributed by atoms with Gasteiger partial charge in [-0.2, -0.15) is 0 Å². The van der Waals surface area contributed by atoms with Crippen LogP contribution in [0.25, 0.3) is 0 Å². The zero-order valence-electron chi connectivity index (χ0n) is 9.35. The molecule has 1 nitrogen and oxygen atoms in total. The van der Waals surface area contributed by atoms with Gasteiger partial charge in [-0.3, -0.25) is 0 Å². The van der Waals surface area contributed by atoms with Gasteiger partial charge in [-0.1, -0.05) is 41.1 Å². The van der Waals surface area contributed by atoms with Crippen LogP contribution in [0.15, 0.2) is 22.7 Å². The Morgan fingerprint density at radius 2 is 2.14 bits per heavy atom. The van der Waals surface area contributed by atoms with E-state index in [1.807, 2.05) is 0 Å². The second kappa shape index (κ2) is 11.0. The molecule has 0 atom stereocenters. The van der Waals surface area contributed by atoms with Gasteiger partial charge in [0.25, 0.3) is 0 Å². The first kappa shape index (κ1) is 13.9. The fourth-order valence-corrected chi connectivity index (χ4v) is 1.67. The summed E-state index contributed by atoms with van der Waals surface area (Å²) in [4.78, 5) is 0. The van der Waals surface area contributed by atoms with Crippen molar-refractivity contribution in [2.24, 2.45) is 0 Å². The molecule has 2 heteroatoms. The first-order valence-corrected chi connectivity index (χ1v) is 6.27. The van der Waals surface area contributed by atoms with Crippen LogP contribution < -0.4 is 5.32 Å². The zero-order valence-corrected chi connectivity index (χ0v) is 10.9. The molecule has 0 unspecified atom stereocenters. The van der Waals surface area contributed by atoms with Crippen molar-refractivity contribution in [3.8, 4) is 0 Å². The Labute approximate surface area is 96.8 Å². The quantitative estimate of drug-likeness (QED) is 0.513. The topological polar surface area (TPSA) is 12.0 Å². The number of halogens is 1. The van der Waals surface area contributed by atoms with Gasteiger partial charge in [-0.15, -0.1) is 0 Å². The summed E-state index contributed by atoms with van der Waals surface area (Å²) >= 11 is 3.59. The molecule has 14 heavy (non-hydrogen) atoms. The fourth-order valence-electron chi connectivity index (χ4n) is 1.16. The zero-order chi connectivity index (χ0) is 10.6. The number of unbranched alkanes of at least 4 members (excludes halogenated alkanes) is 1. The van der Waals surface area contributed by atoms with E-state index in [1.54, 1.807) is 0 Å². The second-order valence-corrected chi connectivity index (χ2v) is 4.27. The standard InChI is InChI=1S/C12H22BrN/c1-3-5-6-7-9-12(13)10-8-11-14-4-2/h3,5,9,14H,4,6-8,10-11H2,1-2H3/b5-3?,12-9+. The van der Waals surface area contributed by atoms with Crippen molar-refractivity contribution < 1.29 is 0 Å². The molecule has 0 heterocycles. The highest BCUT2D eigenvalue weighted by Gasteiger charge is 1.91. The van der Waals surface area contributed by atoms with Gasteiger partial charge in [-0.25, -0.2) is 0 Å². The van der Waals surface area contributed by atoms with Crippen LogP contribution in [0, 0.1) is 0 Å². The van der Waals surface area contributed by atoms with Crippen molar-refractivity contribution in [1.82, 2.24) is 5.32 Å². The van der Waals surface area contributed by atoms with E-state index in [0.717, 1.165) is 32.4 Å². The lowest BCUT2D eigenvalue weighted by molar-refractivity contribution is 0.677. The average molecular weight is 260 g/mol. The minimum atomic E-state index is 1.07. The van der Waals surface area contributed by atoms with Crippen molar-refractivity contribution >= 4 is 15.9 Å².